The van der Waals surface area contributed by atoms with Crippen molar-refractivity contribution in [2.75, 3.05) is 0 Å². The maximum Gasteiger partial charge on any atom is 0.0576 e. The first kappa shape index (κ1) is 11.9. The molecule has 2 aromatic rings. The smallest absolute Gasteiger partial charge is 0.0576 e. The fraction of sp³-hybridized carbons (Fsp3) is 0.125. The van der Waals surface area contributed by atoms with Crippen LogP contribution >= 0.6 is 0 Å². The van der Waals surface area contributed by atoms with Crippen LogP contribution < -0.4 is 0 Å². The number of benzene rings is 2. The zero-order chi connectivity index (χ0) is 11.9. The molecule has 0 aromatic heterocycles. The highest BCUT2D eigenvalue weighted by atomic mass is 28.2. The zero-order valence-corrected chi connectivity index (χ0v) is 10.8. The van der Waals surface area contributed by atoms with E-state index >= 15 is 0 Å². The van der Waals surface area contributed by atoms with E-state index in [1.165, 1.54) is 11.1 Å². The van der Waals surface area contributed by atoms with Gasteiger partial charge in [-0.1, -0.05) is 66.7 Å². The molecular weight excluding hydrogens is 220 g/mol. The van der Waals surface area contributed by atoms with Gasteiger partial charge in [0.1, 0.15) is 0 Å². The minimum atomic E-state index is 0.510. The summed E-state index contributed by atoms with van der Waals surface area (Å²) >= 11 is 0. The van der Waals surface area contributed by atoms with Crippen LogP contribution in [-0.2, 0) is 0 Å². The maximum absolute atomic E-state index is 3.83. The van der Waals surface area contributed by atoms with E-state index in [4.69, 9.17) is 0 Å². The van der Waals surface area contributed by atoms with Crippen LogP contribution in [0.2, 0.25) is 6.04 Å². The van der Waals surface area contributed by atoms with Gasteiger partial charge >= 0.3 is 0 Å². The molecule has 0 heterocycles. The van der Waals surface area contributed by atoms with Gasteiger partial charge in [0, 0.05) is 0 Å². The van der Waals surface area contributed by atoms with Crippen molar-refractivity contribution in [2.45, 2.75) is 11.6 Å². The van der Waals surface area contributed by atoms with Gasteiger partial charge in [-0.15, -0.1) is 6.58 Å². The van der Waals surface area contributed by atoms with Crippen LogP contribution in [0.1, 0.15) is 16.7 Å². The molecule has 84 valence electrons. The first-order valence-corrected chi connectivity index (χ1v) is 7.14. The van der Waals surface area contributed by atoms with Crippen molar-refractivity contribution in [3.05, 3.63) is 84.4 Å². The number of hydrogen-bond donors (Lipinski definition) is 0. The third-order valence-corrected chi connectivity index (χ3v) is 4.33. The number of hydrogen-bond acceptors (Lipinski definition) is 0. The Bertz CT molecular complexity index is 408. The first-order valence-electron chi connectivity index (χ1n) is 5.86. The van der Waals surface area contributed by atoms with Gasteiger partial charge in [-0.25, -0.2) is 0 Å². The molecule has 0 spiro atoms. The highest BCUT2D eigenvalue weighted by Crippen LogP contribution is 2.24. The topological polar surface area (TPSA) is 0 Å². The average Bonchev–Trinajstić information content (AvgIpc) is 2.42. The van der Waals surface area contributed by atoms with Crippen LogP contribution in [0, 0.1) is 0 Å². The molecule has 0 bridgehead atoms. The van der Waals surface area contributed by atoms with Crippen molar-refractivity contribution >= 4 is 9.52 Å². The standard InChI is InChI=1S/C16H16Si/c1-2-13-17-16(14-9-5-3-6-10-14)15-11-7-4-8-12-15/h2-12,16H,1,13H2. The number of rotatable bonds is 5. The van der Waals surface area contributed by atoms with Crippen molar-refractivity contribution in [1.29, 1.82) is 0 Å². The summed E-state index contributed by atoms with van der Waals surface area (Å²) in [7, 11) is 0.860. The molecule has 0 aliphatic heterocycles. The number of allylic oxidation sites excluding steroid dienone is 1. The lowest BCUT2D eigenvalue weighted by Gasteiger charge is -2.16. The van der Waals surface area contributed by atoms with Crippen LogP contribution in [0.4, 0.5) is 0 Å². The van der Waals surface area contributed by atoms with Gasteiger partial charge in [-0.3, -0.25) is 0 Å². The van der Waals surface area contributed by atoms with Crippen LogP contribution in [0.25, 0.3) is 0 Å². The molecule has 17 heavy (non-hydrogen) atoms. The van der Waals surface area contributed by atoms with Crippen molar-refractivity contribution in [3.8, 4) is 0 Å². The molecule has 0 nitrogen and oxygen atoms in total. The van der Waals surface area contributed by atoms with Gasteiger partial charge in [-0.05, 0) is 22.7 Å². The Labute approximate surface area is 106 Å². The molecule has 0 saturated heterocycles. The summed E-state index contributed by atoms with van der Waals surface area (Å²) in [6.07, 6.45) is 2.01. The second kappa shape index (κ2) is 6.21. The highest BCUT2D eigenvalue weighted by Gasteiger charge is 2.12. The predicted molar refractivity (Wildman–Crippen MR) is 75.5 cm³/mol. The van der Waals surface area contributed by atoms with Gasteiger partial charge in [0.25, 0.3) is 0 Å². The van der Waals surface area contributed by atoms with E-state index in [1.807, 2.05) is 6.08 Å². The fourth-order valence-electron chi connectivity index (χ4n) is 1.92. The molecular formula is C16H16Si. The van der Waals surface area contributed by atoms with Gasteiger partial charge < -0.3 is 0 Å². The third-order valence-electron chi connectivity index (χ3n) is 2.73. The Morgan fingerprint density at radius 1 is 0.882 bits per heavy atom. The zero-order valence-electron chi connectivity index (χ0n) is 9.84. The summed E-state index contributed by atoms with van der Waals surface area (Å²) < 4.78 is 0. The van der Waals surface area contributed by atoms with E-state index in [0.717, 1.165) is 15.6 Å². The summed E-state index contributed by atoms with van der Waals surface area (Å²) in [4.78, 5) is 0. The molecule has 0 aliphatic carbocycles. The lowest BCUT2D eigenvalue weighted by molar-refractivity contribution is 1.12. The summed E-state index contributed by atoms with van der Waals surface area (Å²) in [5.41, 5.74) is 3.31. The molecule has 0 amide bonds. The van der Waals surface area contributed by atoms with E-state index < -0.39 is 0 Å². The quantitative estimate of drug-likeness (QED) is 0.542. The van der Waals surface area contributed by atoms with Crippen LogP contribution in [0.15, 0.2) is 73.3 Å². The second-order valence-electron chi connectivity index (χ2n) is 3.95. The molecule has 0 N–H and O–H groups in total. The monoisotopic (exact) mass is 236 g/mol. The van der Waals surface area contributed by atoms with E-state index in [2.05, 4.69) is 67.2 Å². The van der Waals surface area contributed by atoms with Crippen LogP contribution in [-0.4, -0.2) is 9.52 Å². The van der Waals surface area contributed by atoms with Crippen molar-refractivity contribution in [3.63, 3.8) is 0 Å². The van der Waals surface area contributed by atoms with Gasteiger partial charge in [0.2, 0.25) is 0 Å². The first-order chi connectivity index (χ1) is 8.42. The maximum atomic E-state index is 3.83. The van der Waals surface area contributed by atoms with Gasteiger partial charge in [-0.2, -0.15) is 0 Å². The second-order valence-corrected chi connectivity index (χ2v) is 5.35. The molecule has 0 aliphatic rings. The average molecular weight is 236 g/mol. The molecule has 2 radical (unpaired) electrons. The summed E-state index contributed by atoms with van der Waals surface area (Å²) in [6, 6.07) is 22.5. The van der Waals surface area contributed by atoms with E-state index in [-0.39, 0.29) is 0 Å². The van der Waals surface area contributed by atoms with E-state index in [0.29, 0.717) is 5.54 Å². The van der Waals surface area contributed by atoms with E-state index in [1.54, 1.807) is 0 Å². The van der Waals surface area contributed by atoms with Gasteiger partial charge in [0.15, 0.2) is 0 Å². The third kappa shape index (κ3) is 3.18. The fourth-order valence-corrected chi connectivity index (χ4v) is 3.18. The predicted octanol–water partition coefficient (Wildman–Crippen LogP) is 4.08. The molecule has 2 rings (SSSR count). The molecule has 0 atom stereocenters. The Hall–Kier alpha value is -1.60. The Morgan fingerprint density at radius 2 is 1.35 bits per heavy atom. The van der Waals surface area contributed by atoms with Crippen LogP contribution in [0.3, 0.4) is 0 Å². The highest BCUT2D eigenvalue weighted by molar-refractivity contribution is 6.39. The molecule has 2 aromatic carbocycles. The Morgan fingerprint density at radius 3 is 1.76 bits per heavy atom. The Balaban J connectivity index is 2.29. The molecule has 1 heteroatoms. The van der Waals surface area contributed by atoms with Crippen molar-refractivity contribution in [2.24, 2.45) is 0 Å². The van der Waals surface area contributed by atoms with Crippen LogP contribution in [0.5, 0.6) is 0 Å². The normalized spacial score (nSPS) is 10.4. The molecule has 0 fully saturated rings. The lowest BCUT2D eigenvalue weighted by atomic mass is 10.0. The minimum Gasteiger partial charge on any atom is -0.103 e. The summed E-state index contributed by atoms with van der Waals surface area (Å²) in [5, 5.41) is 0. The minimum absolute atomic E-state index is 0.510. The van der Waals surface area contributed by atoms with Crippen molar-refractivity contribution in [1.82, 2.24) is 0 Å². The molecule has 0 saturated carbocycles. The van der Waals surface area contributed by atoms with E-state index in [9.17, 15) is 0 Å². The van der Waals surface area contributed by atoms with Gasteiger partial charge in [0.05, 0.1) is 9.52 Å². The Kier molecular flexibility index (Phi) is 4.34. The SMILES string of the molecule is C=CC[Si]C(c1ccccc1)c1ccccc1. The summed E-state index contributed by atoms with van der Waals surface area (Å²) in [6.45, 7) is 3.83. The van der Waals surface area contributed by atoms with Crippen molar-refractivity contribution < 1.29 is 0 Å². The molecule has 0 unspecified atom stereocenters. The summed E-state index contributed by atoms with van der Waals surface area (Å²) in [5.74, 6) is 0. The largest absolute Gasteiger partial charge is 0.103 e. The lowest BCUT2D eigenvalue weighted by Crippen LogP contribution is -2.08.